The molecule has 1 aromatic heterocycles. The van der Waals surface area contributed by atoms with E-state index in [1.54, 1.807) is 0 Å². The van der Waals surface area contributed by atoms with E-state index in [0.29, 0.717) is 13.2 Å². The number of rotatable bonds is 1. The van der Waals surface area contributed by atoms with Crippen LogP contribution in [-0.2, 0) is 11.8 Å². The molecule has 1 aliphatic heterocycles. The number of nitrogens with zero attached hydrogens (tertiary/aromatic N) is 2. The first-order valence-electron chi connectivity index (χ1n) is 8.23. The average molecular weight is 298 g/mol. The summed E-state index contributed by atoms with van der Waals surface area (Å²) in [6.45, 7) is 1.37. The molecule has 116 valence electrons. The van der Waals surface area contributed by atoms with Crippen molar-refractivity contribution in [1.82, 2.24) is 9.47 Å². The number of ether oxygens (including phenoxy) is 1. The molecular formula is C18H22N2O2. The van der Waals surface area contributed by atoms with Gasteiger partial charge in [0.2, 0.25) is 0 Å². The van der Waals surface area contributed by atoms with Gasteiger partial charge in [-0.25, -0.2) is 0 Å². The molecule has 0 bridgehead atoms. The molecule has 1 saturated carbocycles. The lowest BCUT2D eigenvalue weighted by molar-refractivity contribution is -0.0754. The molecule has 0 N–H and O–H groups in total. The van der Waals surface area contributed by atoms with E-state index in [1.807, 2.05) is 29.8 Å². The summed E-state index contributed by atoms with van der Waals surface area (Å²) in [5.74, 6) is 0.152. The third-order valence-corrected chi connectivity index (χ3v) is 5.16. The zero-order chi connectivity index (χ0) is 15.1. The van der Waals surface area contributed by atoms with Crippen molar-refractivity contribution in [1.29, 1.82) is 0 Å². The quantitative estimate of drug-likeness (QED) is 0.811. The van der Waals surface area contributed by atoms with Gasteiger partial charge in [0.15, 0.2) is 0 Å². The van der Waals surface area contributed by atoms with E-state index >= 15 is 0 Å². The van der Waals surface area contributed by atoms with Crippen LogP contribution in [0.2, 0.25) is 0 Å². The molecule has 1 amide bonds. The number of para-hydroxylation sites is 1. The van der Waals surface area contributed by atoms with Gasteiger partial charge in [0.05, 0.1) is 18.8 Å². The third-order valence-electron chi connectivity index (χ3n) is 5.16. The van der Waals surface area contributed by atoms with Crippen LogP contribution < -0.4 is 0 Å². The Kier molecular flexibility index (Phi) is 3.41. The number of fused-ring (bicyclic) bond motifs is 2. The zero-order valence-electron chi connectivity index (χ0n) is 13.0. The van der Waals surface area contributed by atoms with Crippen molar-refractivity contribution >= 4 is 16.8 Å². The Labute approximate surface area is 130 Å². The molecule has 1 saturated heterocycles. The highest BCUT2D eigenvalue weighted by molar-refractivity contribution is 5.99. The SMILES string of the molecule is Cn1c(C(=O)N2CCO[C@@H]3CCCC[C@@H]32)cc2ccccc21. The summed E-state index contributed by atoms with van der Waals surface area (Å²) < 4.78 is 7.91. The lowest BCUT2D eigenvalue weighted by atomic mass is 9.90. The van der Waals surface area contributed by atoms with Crippen LogP contribution in [0.15, 0.2) is 30.3 Å². The van der Waals surface area contributed by atoms with Crippen molar-refractivity contribution < 1.29 is 9.53 Å². The van der Waals surface area contributed by atoms with E-state index in [2.05, 4.69) is 17.0 Å². The molecule has 2 atom stereocenters. The van der Waals surface area contributed by atoms with Gasteiger partial charge in [0.25, 0.3) is 5.91 Å². The molecule has 2 heterocycles. The first kappa shape index (κ1) is 13.8. The molecule has 4 heteroatoms. The Morgan fingerprint density at radius 3 is 2.91 bits per heavy atom. The van der Waals surface area contributed by atoms with Gasteiger partial charge in [-0.1, -0.05) is 31.0 Å². The van der Waals surface area contributed by atoms with E-state index in [4.69, 9.17) is 4.74 Å². The summed E-state index contributed by atoms with van der Waals surface area (Å²) in [5.41, 5.74) is 1.90. The van der Waals surface area contributed by atoms with Gasteiger partial charge >= 0.3 is 0 Å². The first-order chi connectivity index (χ1) is 10.8. The zero-order valence-corrected chi connectivity index (χ0v) is 13.0. The molecule has 1 aromatic carbocycles. The van der Waals surface area contributed by atoms with Crippen LogP contribution in [0.3, 0.4) is 0 Å². The van der Waals surface area contributed by atoms with Gasteiger partial charge in [0.1, 0.15) is 5.69 Å². The summed E-state index contributed by atoms with van der Waals surface area (Å²) in [7, 11) is 1.98. The van der Waals surface area contributed by atoms with Crippen LogP contribution in [0.1, 0.15) is 36.2 Å². The van der Waals surface area contributed by atoms with E-state index < -0.39 is 0 Å². The van der Waals surface area contributed by atoms with Crippen molar-refractivity contribution in [2.45, 2.75) is 37.8 Å². The van der Waals surface area contributed by atoms with Crippen molar-refractivity contribution in [3.05, 3.63) is 36.0 Å². The Hall–Kier alpha value is -1.81. The van der Waals surface area contributed by atoms with Crippen LogP contribution in [-0.4, -0.2) is 40.7 Å². The summed E-state index contributed by atoms with van der Waals surface area (Å²) in [6, 6.07) is 10.4. The van der Waals surface area contributed by atoms with Gasteiger partial charge in [-0.05, 0) is 25.0 Å². The summed E-state index contributed by atoms with van der Waals surface area (Å²) in [6.07, 6.45) is 4.81. The number of benzene rings is 1. The minimum Gasteiger partial charge on any atom is -0.374 e. The number of carbonyl (C=O) groups is 1. The van der Waals surface area contributed by atoms with Crippen molar-refractivity contribution in [3.8, 4) is 0 Å². The maximum Gasteiger partial charge on any atom is 0.270 e. The predicted octanol–water partition coefficient (Wildman–Crippen LogP) is 2.96. The number of aryl methyl sites for hydroxylation is 1. The highest BCUT2D eigenvalue weighted by Gasteiger charge is 2.37. The smallest absolute Gasteiger partial charge is 0.270 e. The highest BCUT2D eigenvalue weighted by atomic mass is 16.5. The summed E-state index contributed by atoms with van der Waals surface area (Å²) >= 11 is 0. The fraction of sp³-hybridized carbons (Fsp3) is 0.500. The molecule has 2 aliphatic rings. The molecule has 0 radical (unpaired) electrons. The largest absolute Gasteiger partial charge is 0.374 e. The van der Waals surface area contributed by atoms with Crippen LogP contribution in [0.25, 0.3) is 10.9 Å². The van der Waals surface area contributed by atoms with Gasteiger partial charge < -0.3 is 14.2 Å². The maximum absolute atomic E-state index is 13.1. The third kappa shape index (κ3) is 2.13. The molecule has 4 nitrogen and oxygen atoms in total. The minimum absolute atomic E-state index is 0.152. The highest BCUT2D eigenvalue weighted by Crippen LogP contribution is 2.30. The first-order valence-corrected chi connectivity index (χ1v) is 8.23. The van der Waals surface area contributed by atoms with Crippen LogP contribution in [0.4, 0.5) is 0 Å². The average Bonchev–Trinajstić information content (AvgIpc) is 2.91. The van der Waals surface area contributed by atoms with Gasteiger partial charge in [-0.2, -0.15) is 0 Å². The Morgan fingerprint density at radius 1 is 1.23 bits per heavy atom. The second-order valence-corrected chi connectivity index (χ2v) is 6.41. The predicted molar refractivity (Wildman–Crippen MR) is 86.0 cm³/mol. The number of hydrogen-bond donors (Lipinski definition) is 0. The Bertz CT molecular complexity index is 704. The topological polar surface area (TPSA) is 34.5 Å². The Morgan fingerprint density at radius 2 is 2.05 bits per heavy atom. The molecule has 22 heavy (non-hydrogen) atoms. The number of amides is 1. The van der Waals surface area contributed by atoms with Gasteiger partial charge in [-0.15, -0.1) is 0 Å². The van der Waals surface area contributed by atoms with Crippen molar-refractivity contribution in [2.24, 2.45) is 7.05 Å². The molecule has 2 fully saturated rings. The standard InChI is InChI=1S/C18H22N2O2/c1-19-14-7-3-2-6-13(14)12-16(19)18(21)20-10-11-22-17-9-5-4-8-15(17)20/h2-3,6-7,12,15,17H,4-5,8-11H2,1H3/t15-,17+/m0/s1. The maximum atomic E-state index is 13.1. The van der Waals surface area contributed by atoms with E-state index in [-0.39, 0.29) is 18.1 Å². The van der Waals surface area contributed by atoms with Crippen molar-refractivity contribution in [2.75, 3.05) is 13.2 Å². The normalized spacial score (nSPS) is 25.2. The molecule has 0 unspecified atom stereocenters. The minimum atomic E-state index is 0.152. The number of aromatic nitrogens is 1. The van der Waals surface area contributed by atoms with E-state index in [0.717, 1.165) is 29.4 Å². The number of hydrogen-bond acceptors (Lipinski definition) is 2. The van der Waals surface area contributed by atoms with Gasteiger partial charge in [0, 0.05) is 24.5 Å². The fourth-order valence-corrected chi connectivity index (χ4v) is 3.99. The molecular weight excluding hydrogens is 276 g/mol. The number of carbonyl (C=O) groups excluding carboxylic acids is 1. The Balaban J connectivity index is 1.68. The van der Waals surface area contributed by atoms with Gasteiger partial charge in [-0.3, -0.25) is 4.79 Å². The lowest BCUT2D eigenvalue weighted by Gasteiger charge is -2.43. The second kappa shape index (κ2) is 5.43. The monoisotopic (exact) mass is 298 g/mol. The van der Waals surface area contributed by atoms with Crippen molar-refractivity contribution in [3.63, 3.8) is 0 Å². The fourth-order valence-electron chi connectivity index (χ4n) is 3.99. The molecule has 2 aromatic rings. The van der Waals surface area contributed by atoms with E-state index in [1.165, 1.54) is 12.8 Å². The van der Waals surface area contributed by atoms with Crippen LogP contribution in [0.5, 0.6) is 0 Å². The molecule has 4 rings (SSSR count). The lowest BCUT2D eigenvalue weighted by Crippen LogP contribution is -2.55. The van der Waals surface area contributed by atoms with Crippen LogP contribution in [0, 0.1) is 0 Å². The summed E-state index contributed by atoms with van der Waals surface area (Å²) in [5, 5.41) is 1.13. The van der Waals surface area contributed by atoms with Crippen LogP contribution >= 0.6 is 0 Å². The molecule has 0 spiro atoms. The number of morpholine rings is 1. The molecule has 1 aliphatic carbocycles. The van der Waals surface area contributed by atoms with E-state index in [9.17, 15) is 4.79 Å². The summed E-state index contributed by atoms with van der Waals surface area (Å²) in [4.78, 5) is 15.2. The second-order valence-electron chi connectivity index (χ2n) is 6.41.